The van der Waals surface area contributed by atoms with Gasteiger partial charge in [-0.1, -0.05) is 24.6 Å². The van der Waals surface area contributed by atoms with Gasteiger partial charge in [-0.2, -0.15) is 0 Å². The molecule has 0 amide bonds. The summed E-state index contributed by atoms with van der Waals surface area (Å²) in [7, 11) is 0. The molecule has 0 spiro atoms. The number of carboxylic acids is 1. The van der Waals surface area contributed by atoms with Gasteiger partial charge in [-0.15, -0.1) is 11.3 Å². The van der Waals surface area contributed by atoms with E-state index in [-0.39, 0.29) is 6.04 Å². The van der Waals surface area contributed by atoms with Gasteiger partial charge in [0.15, 0.2) is 0 Å². The van der Waals surface area contributed by atoms with Crippen molar-refractivity contribution in [3.8, 4) is 0 Å². The largest absolute Gasteiger partial charge is 0.480 e. The number of thiophene rings is 1. The number of hydrogen-bond donors (Lipinski definition) is 1. The quantitative estimate of drug-likeness (QED) is 0.731. The molecule has 2 aromatic heterocycles. The van der Waals surface area contributed by atoms with Crippen LogP contribution in [0.15, 0.2) is 48.0 Å². The van der Waals surface area contributed by atoms with Gasteiger partial charge in [0, 0.05) is 16.5 Å². The molecule has 1 aliphatic heterocycles. The third-order valence-corrected chi connectivity index (χ3v) is 6.31. The molecular formula is C21H22N2O2S. The van der Waals surface area contributed by atoms with Gasteiger partial charge in [-0.25, -0.2) is 0 Å². The van der Waals surface area contributed by atoms with E-state index in [1.54, 1.807) is 11.3 Å². The third kappa shape index (κ3) is 3.13. The van der Waals surface area contributed by atoms with Crippen LogP contribution in [0.3, 0.4) is 0 Å². The Bertz CT molecular complexity index is 936. The molecule has 1 fully saturated rings. The van der Waals surface area contributed by atoms with E-state index in [9.17, 15) is 9.90 Å². The summed E-state index contributed by atoms with van der Waals surface area (Å²) >= 11 is 1.70. The smallest absolute Gasteiger partial charge is 0.320 e. The van der Waals surface area contributed by atoms with Gasteiger partial charge in [-0.05, 0) is 61.0 Å². The molecule has 0 bridgehead atoms. The average Bonchev–Trinajstić information content (AvgIpc) is 3.08. The van der Waals surface area contributed by atoms with Crippen molar-refractivity contribution in [2.24, 2.45) is 0 Å². The number of aliphatic carboxylic acids is 1. The summed E-state index contributed by atoms with van der Waals surface area (Å²) in [5, 5.41) is 13.0. The number of aryl methyl sites for hydroxylation is 1. The fourth-order valence-corrected chi connectivity index (χ4v) is 5.00. The zero-order chi connectivity index (χ0) is 18.1. The molecule has 2 atom stereocenters. The van der Waals surface area contributed by atoms with Crippen molar-refractivity contribution in [1.29, 1.82) is 0 Å². The Morgan fingerprint density at radius 2 is 2.15 bits per heavy atom. The number of rotatable bonds is 4. The van der Waals surface area contributed by atoms with Crippen LogP contribution >= 0.6 is 11.3 Å². The van der Waals surface area contributed by atoms with E-state index in [1.165, 1.54) is 10.4 Å². The molecule has 1 N–H and O–H groups in total. The zero-order valence-corrected chi connectivity index (χ0v) is 15.6. The van der Waals surface area contributed by atoms with Gasteiger partial charge in [0.05, 0.1) is 11.6 Å². The third-order valence-electron chi connectivity index (χ3n) is 5.24. The molecule has 3 aromatic rings. The highest BCUT2D eigenvalue weighted by Crippen LogP contribution is 2.38. The summed E-state index contributed by atoms with van der Waals surface area (Å²) in [6.07, 6.45) is 4.63. The lowest BCUT2D eigenvalue weighted by Gasteiger charge is -2.39. The summed E-state index contributed by atoms with van der Waals surface area (Å²) in [5.74, 6) is -0.724. The first-order valence-corrected chi connectivity index (χ1v) is 9.90. The van der Waals surface area contributed by atoms with E-state index in [2.05, 4.69) is 40.4 Å². The van der Waals surface area contributed by atoms with Crippen LogP contribution in [0.4, 0.5) is 0 Å². The Kier molecular flexibility index (Phi) is 4.74. The highest BCUT2D eigenvalue weighted by atomic mass is 32.1. The lowest BCUT2D eigenvalue weighted by Crippen LogP contribution is -2.46. The van der Waals surface area contributed by atoms with Gasteiger partial charge >= 0.3 is 5.97 Å². The average molecular weight is 366 g/mol. The van der Waals surface area contributed by atoms with Crippen LogP contribution in [-0.2, 0) is 4.79 Å². The Balaban J connectivity index is 1.84. The number of aromatic nitrogens is 1. The number of para-hydroxylation sites is 1. The van der Waals surface area contributed by atoms with Crippen molar-refractivity contribution in [2.45, 2.75) is 38.3 Å². The summed E-state index contributed by atoms with van der Waals surface area (Å²) in [5.41, 5.74) is 3.25. The van der Waals surface area contributed by atoms with Crippen LogP contribution in [0.5, 0.6) is 0 Å². The zero-order valence-electron chi connectivity index (χ0n) is 14.8. The molecule has 0 aliphatic carbocycles. The number of pyridine rings is 1. The van der Waals surface area contributed by atoms with Gasteiger partial charge in [0.2, 0.25) is 0 Å². The van der Waals surface area contributed by atoms with Crippen molar-refractivity contribution in [1.82, 2.24) is 9.88 Å². The van der Waals surface area contributed by atoms with Crippen LogP contribution in [-0.4, -0.2) is 33.5 Å². The number of benzene rings is 1. The number of nitrogens with zero attached hydrogens (tertiary/aromatic N) is 2. The standard InChI is InChI=1S/C21H22N2O2S/c1-14-9-11-26-20(14)19(23-10-5-4-8-18(23)21(24)25)16-12-15-6-2-3-7-17(15)22-13-16/h2-3,6-7,9,11-13,18-19H,4-5,8,10H2,1H3,(H,24,25). The molecule has 0 saturated carbocycles. The van der Waals surface area contributed by atoms with Crippen molar-refractivity contribution < 1.29 is 9.90 Å². The first kappa shape index (κ1) is 17.2. The first-order chi connectivity index (χ1) is 12.6. The molecule has 26 heavy (non-hydrogen) atoms. The molecule has 134 valence electrons. The minimum atomic E-state index is -0.724. The molecule has 4 rings (SSSR count). The predicted molar refractivity (Wildman–Crippen MR) is 105 cm³/mol. The SMILES string of the molecule is Cc1ccsc1C(c1cnc2ccccc2c1)N1CCCCC1C(=O)O. The number of carbonyl (C=O) groups is 1. The highest BCUT2D eigenvalue weighted by Gasteiger charge is 2.36. The van der Waals surface area contributed by atoms with Crippen LogP contribution in [0.1, 0.15) is 41.3 Å². The Labute approximate surface area is 157 Å². The van der Waals surface area contributed by atoms with E-state index in [0.29, 0.717) is 6.42 Å². The van der Waals surface area contributed by atoms with Crippen molar-refractivity contribution in [3.05, 3.63) is 64.0 Å². The Morgan fingerprint density at radius 1 is 1.31 bits per heavy atom. The number of hydrogen-bond acceptors (Lipinski definition) is 4. The van der Waals surface area contributed by atoms with Crippen LogP contribution < -0.4 is 0 Å². The second-order valence-corrected chi connectivity index (χ2v) is 7.87. The second-order valence-electron chi connectivity index (χ2n) is 6.92. The molecular weight excluding hydrogens is 344 g/mol. The number of likely N-dealkylation sites (tertiary alicyclic amines) is 1. The minimum Gasteiger partial charge on any atom is -0.480 e. The van der Waals surface area contributed by atoms with Crippen LogP contribution in [0, 0.1) is 6.92 Å². The first-order valence-electron chi connectivity index (χ1n) is 9.02. The molecule has 1 saturated heterocycles. The molecule has 2 unspecified atom stereocenters. The summed E-state index contributed by atoms with van der Waals surface area (Å²) < 4.78 is 0. The van der Waals surface area contributed by atoms with E-state index in [0.717, 1.165) is 35.9 Å². The fraction of sp³-hybridized carbons (Fsp3) is 0.333. The van der Waals surface area contributed by atoms with E-state index in [4.69, 9.17) is 0 Å². The highest BCUT2D eigenvalue weighted by molar-refractivity contribution is 7.10. The van der Waals surface area contributed by atoms with Gasteiger partial charge in [0.25, 0.3) is 0 Å². The normalized spacial score (nSPS) is 19.5. The van der Waals surface area contributed by atoms with Crippen molar-refractivity contribution >= 4 is 28.2 Å². The summed E-state index contributed by atoms with van der Waals surface area (Å²) in [6, 6.07) is 11.8. The monoisotopic (exact) mass is 366 g/mol. The van der Waals surface area contributed by atoms with Gasteiger partial charge in [-0.3, -0.25) is 14.7 Å². The number of piperidine rings is 1. The topological polar surface area (TPSA) is 53.4 Å². The lowest BCUT2D eigenvalue weighted by molar-refractivity contribution is -0.145. The maximum atomic E-state index is 11.9. The lowest BCUT2D eigenvalue weighted by atomic mass is 9.94. The molecule has 4 nitrogen and oxygen atoms in total. The molecule has 3 heterocycles. The van der Waals surface area contributed by atoms with E-state index >= 15 is 0 Å². The summed E-state index contributed by atoms with van der Waals surface area (Å²) in [4.78, 5) is 19.9. The number of carboxylic acid groups (broad SMARTS) is 1. The molecule has 1 aromatic carbocycles. The van der Waals surface area contributed by atoms with Crippen LogP contribution in [0.2, 0.25) is 0 Å². The van der Waals surface area contributed by atoms with Gasteiger partial charge < -0.3 is 5.11 Å². The molecule has 1 aliphatic rings. The van der Waals surface area contributed by atoms with Crippen molar-refractivity contribution in [2.75, 3.05) is 6.54 Å². The minimum absolute atomic E-state index is 0.0616. The maximum absolute atomic E-state index is 11.9. The second kappa shape index (κ2) is 7.17. The Morgan fingerprint density at radius 3 is 2.92 bits per heavy atom. The summed E-state index contributed by atoms with van der Waals surface area (Å²) in [6.45, 7) is 2.90. The fourth-order valence-electron chi connectivity index (χ4n) is 3.92. The molecule has 5 heteroatoms. The van der Waals surface area contributed by atoms with Gasteiger partial charge in [0.1, 0.15) is 6.04 Å². The maximum Gasteiger partial charge on any atom is 0.320 e. The van der Waals surface area contributed by atoms with Crippen LogP contribution in [0.25, 0.3) is 10.9 Å². The Hall–Kier alpha value is -2.24. The predicted octanol–water partition coefficient (Wildman–Crippen LogP) is 4.63. The van der Waals surface area contributed by atoms with Crippen molar-refractivity contribution in [3.63, 3.8) is 0 Å². The number of fused-ring (bicyclic) bond motifs is 1. The van der Waals surface area contributed by atoms with E-state index in [1.807, 2.05) is 24.4 Å². The molecule has 0 radical (unpaired) electrons. The van der Waals surface area contributed by atoms with E-state index < -0.39 is 12.0 Å².